The Balaban J connectivity index is 1.80. The first-order chi connectivity index (χ1) is 15.8. The molecule has 0 saturated carbocycles. The molecule has 0 bridgehead atoms. The van der Waals surface area contributed by atoms with E-state index in [1.165, 1.54) is 33.4 Å². The Morgan fingerprint density at radius 3 is 2.41 bits per heavy atom. The number of unbranched alkanes of at least 4 members (excludes halogenated alkanes) is 1. The van der Waals surface area contributed by atoms with Gasteiger partial charge in [-0.1, -0.05) is 13.3 Å². The third-order valence-electron chi connectivity index (χ3n) is 5.01. The van der Waals surface area contributed by atoms with Crippen LogP contribution in [0.25, 0.3) is 11.2 Å². The number of nitrogens with one attached hydrogen (secondary N) is 2. The van der Waals surface area contributed by atoms with Gasteiger partial charge in [0.1, 0.15) is 12.4 Å². The van der Waals surface area contributed by atoms with Crippen LogP contribution in [0.2, 0.25) is 0 Å². The van der Waals surface area contributed by atoms with E-state index in [1.54, 1.807) is 27.8 Å². The van der Waals surface area contributed by atoms with Crippen molar-refractivity contribution >= 4 is 27.2 Å². The van der Waals surface area contributed by atoms with Crippen LogP contribution in [0.3, 0.4) is 0 Å². The lowest BCUT2D eigenvalue weighted by atomic mass is 10.1. The summed E-state index contributed by atoms with van der Waals surface area (Å²) in [5.74, 6) is -0.393. The summed E-state index contributed by atoms with van der Waals surface area (Å²) in [5.41, 5.74) is -1.15. The maximum absolute atomic E-state index is 12.5. The highest BCUT2D eigenvalue weighted by molar-refractivity contribution is 7.89. The van der Waals surface area contributed by atoms with Crippen LogP contribution in [0.15, 0.2) is 38.8 Å². The molecular formula is C22H29N5O6S. The van der Waals surface area contributed by atoms with Gasteiger partial charge in [0.2, 0.25) is 10.0 Å². The van der Waals surface area contributed by atoms with Crippen LogP contribution in [0.5, 0.6) is 0 Å². The number of sulfonamides is 1. The van der Waals surface area contributed by atoms with Crippen LogP contribution in [-0.2, 0) is 35.0 Å². The molecule has 0 aliphatic carbocycles. The van der Waals surface area contributed by atoms with Crippen LogP contribution in [-0.4, -0.2) is 39.0 Å². The molecule has 2 heterocycles. The van der Waals surface area contributed by atoms with Gasteiger partial charge in [-0.2, -0.15) is 0 Å². The lowest BCUT2D eigenvalue weighted by molar-refractivity contribution is 0.0459. The molecule has 0 aliphatic heterocycles. The minimum Gasteiger partial charge on any atom is -0.454 e. The monoisotopic (exact) mass is 491 g/mol. The van der Waals surface area contributed by atoms with Crippen molar-refractivity contribution in [3.8, 4) is 0 Å². The summed E-state index contributed by atoms with van der Waals surface area (Å²) >= 11 is 0. The normalized spacial score (nSPS) is 12.3. The predicted octanol–water partition coefficient (Wildman–Crippen LogP) is 1.66. The summed E-state index contributed by atoms with van der Waals surface area (Å²) in [6, 6.07) is 5.38. The van der Waals surface area contributed by atoms with Crippen molar-refractivity contribution in [2.75, 3.05) is 0 Å². The number of benzene rings is 1. The van der Waals surface area contributed by atoms with Crippen molar-refractivity contribution in [1.29, 1.82) is 0 Å². The number of aromatic amines is 1. The van der Waals surface area contributed by atoms with Gasteiger partial charge in [0, 0.05) is 19.1 Å². The molecule has 184 valence electrons. The second-order valence-corrected chi connectivity index (χ2v) is 10.7. The number of aryl methyl sites for hydroxylation is 2. The third kappa shape index (κ3) is 5.45. The van der Waals surface area contributed by atoms with Crippen LogP contribution >= 0.6 is 0 Å². The fraction of sp³-hybridized carbons (Fsp3) is 0.455. The minimum absolute atomic E-state index is 0.0265. The van der Waals surface area contributed by atoms with Crippen molar-refractivity contribution in [3.63, 3.8) is 0 Å². The minimum atomic E-state index is -3.73. The summed E-state index contributed by atoms with van der Waals surface area (Å²) in [7, 11) is -2.13. The van der Waals surface area contributed by atoms with Gasteiger partial charge in [0.25, 0.3) is 5.56 Å². The molecule has 0 radical (unpaired) electrons. The van der Waals surface area contributed by atoms with Crippen LogP contribution in [0, 0.1) is 0 Å². The number of hydrogen-bond acceptors (Lipinski definition) is 7. The molecule has 2 aromatic heterocycles. The van der Waals surface area contributed by atoms with E-state index in [9.17, 15) is 22.8 Å². The molecule has 2 N–H and O–H groups in total. The lowest BCUT2D eigenvalue weighted by Gasteiger charge is -2.20. The first-order valence-corrected chi connectivity index (χ1v) is 12.3. The smallest absolute Gasteiger partial charge is 0.338 e. The second-order valence-electron chi connectivity index (χ2n) is 8.98. The van der Waals surface area contributed by atoms with Gasteiger partial charge >= 0.3 is 11.7 Å². The highest BCUT2D eigenvalue weighted by atomic mass is 32.2. The van der Waals surface area contributed by atoms with Crippen molar-refractivity contribution in [1.82, 2.24) is 23.8 Å². The summed E-state index contributed by atoms with van der Waals surface area (Å²) in [5, 5.41) is 0. The van der Waals surface area contributed by atoms with Crippen LogP contribution in [0.1, 0.15) is 56.7 Å². The number of aromatic nitrogens is 4. The lowest BCUT2D eigenvalue weighted by Crippen LogP contribution is -2.40. The van der Waals surface area contributed by atoms with Gasteiger partial charge in [-0.05, 0) is 51.5 Å². The molecule has 0 aliphatic rings. The second kappa shape index (κ2) is 9.55. The number of esters is 1. The van der Waals surface area contributed by atoms with Gasteiger partial charge in [0.05, 0.1) is 10.5 Å². The maximum atomic E-state index is 12.5. The molecule has 0 fully saturated rings. The molecule has 34 heavy (non-hydrogen) atoms. The molecule has 0 saturated heterocycles. The number of imidazole rings is 1. The number of ether oxygens (including phenoxy) is 1. The van der Waals surface area contributed by atoms with Crippen molar-refractivity contribution in [3.05, 3.63) is 56.5 Å². The Bertz CT molecular complexity index is 1430. The van der Waals surface area contributed by atoms with Gasteiger partial charge in [-0.15, -0.1) is 0 Å². The standard InChI is InChI=1S/C22H29N5O6S/c1-6-7-12-27-18-17(19(28)24-21(27)30)26(5)16(23-18)13-33-20(29)14-8-10-15(11-9-14)34(31,32)25-22(2,3)4/h8-11,25H,6-7,12-13H2,1-5H3,(H,24,28,30). The van der Waals surface area contributed by atoms with E-state index in [2.05, 4.69) is 14.7 Å². The Hall–Kier alpha value is -3.25. The fourth-order valence-corrected chi connectivity index (χ4v) is 4.81. The average molecular weight is 492 g/mol. The number of hydrogen-bond donors (Lipinski definition) is 2. The van der Waals surface area contributed by atoms with E-state index >= 15 is 0 Å². The number of fused-ring (bicyclic) bond motifs is 1. The third-order valence-corrected chi connectivity index (χ3v) is 6.79. The van der Waals surface area contributed by atoms with E-state index < -0.39 is 32.8 Å². The molecule has 0 unspecified atom stereocenters. The zero-order valence-electron chi connectivity index (χ0n) is 19.8. The zero-order valence-corrected chi connectivity index (χ0v) is 20.7. The molecule has 1 aromatic carbocycles. The largest absolute Gasteiger partial charge is 0.454 e. The highest BCUT2D eigenvalue weighted by Gasteiger charge is 2.23. The predicted molar refractivity (Wildman–Crippen MR) is 126 cm³/mol. The van der Waals surface area contributed by atoms with Crippen molar-refractivity contribution in [2.45, 2.75) is 64.1 Å². The van der Waals surface area contributed by atoms with Crippen LogP contribution in [0.4, 0.5) is 0 Å². The molecule has 0 spiro atoms. The molecule has 12 heteroatoms. The Morgan fingerprint density at radius 2 is 1.82 bits per heavy atom. The topological polar surface area (TPSA) is 145 Å². The molecule has 3 aromatic rings. The number of nitrogens with zero attached hydrogens (tertiary/aromatic N) is 3. The molecule has 0 atom stereocenters. The first kappa shape index (κ1) is 25.4. The summed E-state index contributed by atoms with van der Waals surface area (Å²) in [6.45, 7) is 7.34. The summed E-state index contributed by atoms with van der Waals surface area (Å²) < 4.78 is 35.6. The Labute approximate surface area is 196 Å². The van der Waals surface area contributed by atoms with Gasteiger partial charge in [-0.3, -0.25) is 14.3 Å². The van der Waals surface area contributed by atoms with E-state index in [0.29, 0.717) is 12.4 Å². The Kier molecular flexibility index (Phi) is 7.13. The van der Waals surface area contributed by atoms with Gasteiger partial charge in [0.15, 0.2) is 11.2 Å². The quantitative estimate of drug-likeness (QED) is 0.456. The average Bonchev–Trinajstić information content (AvgIpc) is 3.07. The van der Waals surface area contributed by atoms with Gasteiger partial charge in [-0.25, -0.2) is 27.7 Å². The zero-order chi connectivity index (χ0) is 25.3. The van der Waals surface area contributed by atoms with Crippen LogP contribution < -0.4 is 16.0 Å². The Morgan fingerprint density at radius 1 is 1.18 bits per heavy atom. The summed E-state index contributed by atoms with van der Waals surface area (Å²) in [4.78, 5) is 43.8. The maximum Gasteiger partial charge on any atom is 0.338 e. The van der Waals surface area contributed by atoms with E-state index in [-0.39, 0.29) is 28.2 Å². The van der Waals surface area contributed by atoms with E-state index in [0.717, 1.165) is 12.8 Å². The highest BCUT2D eigenvalue weighted by Crippen LogP contribution is 2.16. The van der Waals surface area contributed by atoms with Gasteiger partial charge < -0.3 is 9.30 Å². The number of H-pyrrole nitrogens is 1. The van der Waals surface area contributed by atoms with E-state index in [1.807, 2.05) is 6.92 Å². The number of carbonyl (C=O) groups excluding carboxylic acids is 1. The van der Waals surface area contributed by atoms with E-state index in [4.69, 9.17) is 4.74 Å². The molecule has 11 nitrogen and oxygen atoms in total. The van der Waals surface area contributed by atoms with Crippen molar-refractivity contribution < 1.29 is 17.9 Å². The molecule has 0 amide bonds. The molecular weight excluding hydrogens is 462 g/mol. The number of rotatable bonds is 8. The first-order valence-electron chi connectivity index (χ1n) is 10.8. The fourth-order valence-electron chi connectivity index (χ4n) is 3.39. The summed E-state index contributed by atoms with van der Waals surface area (Å²) in [6.07, 6.45) is 1.59. The van der Waals surface area contributed by atoms with Crippen molar-refractivity contribution in [2.24, 2.45) is 7.05 Å². The molecule has 3 rings (SSSR count). The SMILES string of the molecule is CCCCn1c(=O)[nH]c(=O)c2c1nc(COC(=O)c1ccc(S(=O)(=O)NC(C)(C)C)cc1)n2C. The number of carbonyl (C=O) groups is 1.